The second-order valence-electron chi connectivity index (χ2n) is 5.85. The van der Waals surface area contributed by atoms with E-state index in [0.29, 0.717) is 28.7 Å². The summed E-state index contributed by atoms with van der Waals surface area (Å²) in [5.74, 6) is -0.458. The van der Waals surface area contributed by atoms with Crippen LogP contribution in [-0.4, -0.2) is 48.8 Å². The van der Waals surface area contributed by atoms with Crippen LogP contribution < -0.4 is 5.73 Å². The van der Waals surface area contributed by atoms with Gasteiger partial charge in [0.05, 0.1) is 0 Å². The Hall–Kier alpha value is -2.40. The number of hydrogen-bond acceptors (Lipinski definition) is 4. The zero-order valence-corrected chi connectivity index (χ0v) is 12.8. The maximum Gasteiger partial charge on any atom is 0.261 e. The lowest BCUT2D eigenvalue weighted by Crippen LogP contribution is -2.41. The number of benzene rings is 2. The maximum atomic E-state index is 12.7. The van der Waals surface area contributed by atoms with Crippen LogP contribution in [0.2, 0.25) is 0 Å². The maximum absolute atomic E-state index is 12.7. The predicted molar refractivity (Wildman–Crippen MR) is 86.9 cm³/mol. The molecule has 22 heavy (non-hydrogen) atoms. The summed E-state index contributed by atoms with van der Waals surface area (Å²) >= 11 is 0. The Kier molecular flexibility index (Phi) is 3.58. The van der Waals surface area contributed by atoms with Gasteiger partial charge in [0.15, 0.2) is 0 Å². The van der Waals surface area contributed by atoms with Crippen molar-refractivity contribution in [3.05, 3.63) is 41.5 Å². The highest BCUT2D eigenvalue weighted by Gasteiger charge is 2.32. The zero-order chi connectivity index (χ0) is 15.9. The average Bonchev–Trinajstić information content (AvgIpc) is 2.49. The average molecular weight is 297 g/mol. The minimum absolute atomic E-state index is 0.229. The second-order valence-corrected chi connectivity index (χ2v) is 5.85. The standard InChI is InChI=1S/C17H19N3O2/c1-19(2)9-4-10-20-16(21)12-6-3-5-11-14(18)8-7-13(15(11)12)17(20)22/h3,5-8H,4,9-10,18H2,1-2H3. The highest BCUT2D eigenvalue weighted by Crippen LogP contribution is 2.33. The Balaban J connectivity index is 2.03. The first kappa shape index (κ1) is 14.5. The number of nitrogens with two attached hydrogens (primary N) is 1. The van der Waals surface area contributed by atoms with Crippen molar-refractivity contribution in [3.8, 4) is 0 Å². The molecule has 2 amide bonds. The number of amides is 2. The molecule has 1 aliphatic heterocycles. The molecule has 5 nitrogen and oxygen atoms in total. The monoisotopic (exact) mass is 297 g/mol. The van der Waals surface area contributed by atoms with Crippen molar-refractivity contribution in [2.24, 2.45) is 0 Å². The highest BCUT2D eigenvalue weighted by atomic mass is 16.2. The van der Waals surface area contributed by atoms with Crippen molar-refractivity contribution in [2.75, 3.05) is 32.9 Å². The summed E-state index contributed by atoms with van der Waals surface area (Å²) in [4.78, 5) is 28.7. The number of imide groups is 1. The van der Waals surface area contributed by atoms with E-state index in [1.165, 1.54) is 4.90 Å². The molecule has 114 valence electrons. The Morgan fingerprint density at radius 2 is 1.73 bits per heavy atom. The number of nitrogens with zero attached hydrogens (tertiary/aromatic N) is 2. The molecule has 0 spiro atoms. The van der Waals surface area contributed by atoms with Crippen LogP contribution in [0.3, 0.4) is 0 Å². The van der Waals surface area contributed by atoms with Gasteiger partial charge in [0.1, 0.15) is 0 Å². The Labute approximate surface area is 129 Å². The number of hydrogen-bond donors (Lipinski definition) is 1. The SMILES string of the molecule is CN(C)CCCN1C(=O)c2cccc3c(N)ccc(c23)C1=O. The number of carbonyl (C=O) groups excluding carboxylic acids is 2. The fourth-order valence-electron chi connectivity index (χ4n) is 2.92. The van der Waals surface area contributed by atoms with Gasteiger partial charge in [0, 0.05) is 34.1 Å². The lowest BCUT2D eigenvalue weighted by molar-refractivity contribution is 0.0606. The van der Waals surface area contributed by atoms with E-state index in [2.05, 4.69) is 0 Å². The van der Waals surface area contributed by atoms with E-state index < -0.39 is 0 Å². The Morgan fingerprint density at radius 3 is 2.41 bits per heavy atom. The van der Waals surface area contributed by atoms with Crippen LogP contribution in [0.25, 0.3) is 10.8 Å². The molecule has 2 N–H and O–H groups in total. The van der Waals surface area contributed by atoms with Gasteiger partial charge < -0.3 is 10.6 Å². The van der Waals surface area contributed by atoms with Gasteiger partial charge in [-0.3, -0.25) is 14.5 Å². The number of rotatable bonds is 4. The third-order valence-electron chi connectivity index (χ3n) is 4.01. The van der Waals surface area contributed by atoms with Crippen LogP contribution in [0.1, 0.15) is 27.1 Å². The molecule has 0 fully saturated rings. The van der Waals surface area contributed by atoms with Gasteiger partial charge >= 0.3 is 0 Å². The number of anilines is 1. The summed E-state index contributed by atoms with van der Waals surface area (Å²) in [6.07, 6.45) is 0.755. The normalized spacial score (nSPS) is 14.2. The van der Waals surface area contributed by atoms with Gasteiger partial charge in [0.25, 0.3) is 11.8 Å². The first-order valence-corrected chi connectivity index (χ1v) is 7.33. The molecule has 5 heteroatoms. The van der Waals surface area contributed by atoms with Gasteiger partial charge in [-0.05, 0) is 45.3 Å². The Morgan fingerprint density at radius 1 is 1.05 bits per heavy atom. The third-order valence-corrected chi connectivity index (χ3v) is 4.01. The molecule has 2 aromatic carbocycles. The van der Waals surface area contributed by atoms with Crippen molar-refractivity contribution in [2.45, 2.75) is 6.42 Å². The van der Waals surface area contributed by atoms with Crippen LogP contribution in [0.4, 0.5) is 5.69 Å². The van der Waals surface area contributed by atoms with Crippen LogP contribution in [0.5, 0.6) is 0 Å². The molecule has 3 rings (SSSR count). The molecule has 0 aromatic heterocycles. The molecule has 0 atom stereocenters. The molecular formula is C17H19N3O2. The van der Waals surface area contributed by atoms with Crippen LogP contribution >= 0.6 is 0 Å². The van der Waals surface area contributed by atoms with E-state index in [-0.39, 0.29) is 11.8 Å². The molecule has 2 aromatic rings. The first-order valence-electron chi connectivity index (χ1n) is 7.33. The summed E-state index contributed by atoms with van der Waals surface area (Å²) in [7, 11) is 3.94. The minimum Gasteiger partial charge on any atom is -0.398 e. The molecule has 1 heterocycles. The molecule has 1 aliphatic rings. The van der Waals surface area contributed by atoms with Crippen LogP contribution in [0.15, 0.2) is 30.3 Å². The highest BCUT2D eigenvalue weighted by molar-refractivity contribution is 6.26. The molecular weight excluding hydrogens is 278 g/mol. The summed E-state index contributed by atoms with van der Waals surface area (Å²) < 4.78 is 0. The summed E-state index contributed by atoms with van der Waals surface area (Å²) in [6.45, 7) is 1.26. The lowest BCUT2D eigenvalue weighted by atomic mass is 9.93. The van der Waals surface area contributed by atoms with E-state index in [1.54, 1.807) is 18.2 Å². The van der Waals surface area contributed by atoms with E-state index in [4.69, 9.17) is 5.73 Å². The van der Waals surface area contributed by atoms with Crippen molar-refractivity contribution >= 4 is 28.3 Å². The van der Waals surface area contributed by atoms with Gasteiger partial charge in [-0.25, -0.2) is 0 Å². The topological polar surface area (TPSA) is 66.6 Å². The van der Waals surface area contributed by atoms with Gasteiger partial charge in [-0.15, -0.1) is 0 Å². The largest absolute Gasteiger partial charge is 0.398 e. The lowest BCUT2D eigenvalue weighted by Gasteiger charge is -2.27. The molecule has 0 saturated carbocycles. The summed E-state index contributed by atoms with van der Waals surface area (Å²) in [5.41, 5.74) is 7.67. The molecule has 0 bridgehead atoms. The fraction of sp³-hybridized carbons (Fsp3) is 0.294. The second kappa shape index (κ2) is 5.42. The third kappa shape index (κ3) is 2.23. The zero-order valence-electron chi connectivity index (χ0n) is 12.8. The van der Waals surface area contributed by atoms with Crippen LogP contribution in [0, 0.1) is 0 Å². The van der Waals surface area contributed by atoms with E-state index in [9.17, 15) is 9.59 Å². The summed E-state index contributed by atoms with van der Waals surface area (Å²) in [6, 6.07) is 8.87. The van der Waals surface area contributed by atoms with Gasteiger partial charge in [-0.1, -0.05) is 12.1 Å². The predicted octanol–water partition coefficient (Wildman–Crippen LogP) is 1.97. The summed E-state index contributed by atoms with van der Waals surface area (Å²) in [5, 5.41) is 1.45. The van der Waals surface area contributed by atoms with E-state index >= 15 is 0 Å². The minimum atomic E-state index is -0.229. The first-order chi connectivity index (χ1) is 10.5. The van der Waals surface area contributed by atoms with E-state index in [0.717, 1.165) is 18.4 Å². The van der Waals surface area contributed by atoms with Crippen molar-refractivity contribution in [1.82, 2.24) is 9.80 Å². The van der Waals surface area contributed by atoms with Crippen molar-refractivity contribution in [1.29, 1.82) is 0 Å². The number of carbonyl (C=O) groups is 2. The van der Waals surface area contributed by atoms with Crippen molar-refractivity contribution < 1.29 is 9.59 Å². The molecule has 0 unspecified atom stereocenters. The van der Waals surface area contributed by atoms with Gasteiger partial charge in [0.2, 0.25) is 0 Å². The van der Waals surface area contributed by atoms with E-state index in [1.807, 2.05) is 31.1 Å². The molecule has 0 saturated heterocycles. The fourth-order valence-corrected chi connectivity index (χ4v) is 2.92. The molecule has 0 radical (unpaired) electrons. The molecule has 0 aliphatic carbocycles. The van der Waals surface area contributed by atoms with Crippen LogP contribution in [-0.2, 0) is 0 Å². The smallest absolute Gasteiger partial charge is 0.261 e. The number of nitrogen functional groups attached to an aromatic ring is 1. The van der Waals surface area contributed by atoms with Gasteiger partial charge in [-0.2, -0.15) is 0 Å². The quantitative estimate of drug-likeness (QED) is 0.692. The Bertz CT molecular complexity index is 746. The van der Waals surface area contributed by atoms with Crippen molar-refractivity contribution in [3.63, 3.8) is 0 Å².